The lowest BCUT2D eigenvalue weighted by Gasteiger charge is -2.21. The van der Waals surface area contributed by atoms with Gasteiger partial charge in [0.1, 0.15) is 0 Å². The van der Waals surface area contributed by atoms with Crippen molar-refractivity contribution in [2.45, 2.75) is 32.7 Å². The first kappa shape index (κ1) is 16.3. The van der Waals surface area contributed by atoms with Crippen LogP contribution in [0.15, 0.2) is 12.1 Å². The third kappa shape index (κ3) is 6.27. The predicted octanol–water partition coefficient (Wildman–Crippen LogP) is 2.65. The number of carbonyl (C=O) groups is 1. The van der Waals surface area contributed by atoms with Crippen LogP contribution in [0.1, 0.15) is 25.1 Å². The van der Waals surface area contributed by atoms with Crippen molar-refractivity contribution in [2.75, 3.05) is 13.2 Å². The molecule has 0 aliphatic heterocycles. The zero-order chi connectivity index (χ0) is 14.3. The van der Waals surface area contributed by atoms with E-state index in [1.807, 2.05) is 26.0 Å². The second-order valence-corrected chi connectivity index (χ2v) is 6.52. The minimum absolute atomic E-state index is 0.00109. The molecule has 0 fully saturated rings. The van der Waals surface area contributed by atoms with Gasteiger partial charge in [-0.1, -0.05) is 25.4 Å². The number of aliphatic hydroxyl groups is 1. The summed E-state index contributed by atoms with van der Waals surface area (Å²) in [7, 11) is 0. The fraction of sp³-hybridized carbons (Fsp3) is 0.615. The van der Waals surface area contributed by atoms with E-state index in [9.17, 15) is 4.79 Å². The summed E-state index contributed by atoms with van der Waals surface area (Å²) >= 11 is 7.36. The molecule has 0 saturated carbocycles. The van der Waals surface area contributed by atoms with Crippen molar-refractivity contribution in [3.63, 3.8) is 0 Å². The van der Waals surface area contributed by atoms with Crippen LogP contribution >= 0.6 is 22.9 Å². The minimum Gasteiger partial charge on any atom is -0.396 e. The number of amides is 2. The first-order chi connectivity index (χ1) is 9.02. The highest BCUT2D eigenvalue weighted by atomic mass is 35.5. The molecule has 1 aromatic rings. The quantitative estimate of drug-likeness (QED) is 0.725. The number of nitrogens with one attached hydrogen (secondary N) is 2. The number of hydrogen-bond donors (Lipinski definition) is 3. The van der Waals surface area contributed by atoms with E-state index >= 15 is 0 Å². The Hall–Kier alpha value is -0.780. The van der Waals surface area contributed by atoms with Gasteiger partial charge in [-0.15, -0.1) is 11.3 Å². The van der Waals surface area contributed by atoms with E-state index in [-0.39, 0.29) is 18.7 Å². The van der Waals surface area contributed by atoms with Crippen molar-refractivity contribution >= 4 is 29.0 Å². The Morgan fingerprint density at radius 3 is 2.74 bits per heavy atom. The molecule has 1 heterocycles. The fourth-order valence-electron chi connectivity index (χ4n) is 1.72. The van der Waals surface area contributed by atoms with Gasteiger partial charge in [0.2, 0.25) is 0 Å². The number of thiophene rings is 1. The van der Waals surface area contributed by atoms with Gasteiger partial charge in [-0.05, 0) is 30.9 Å². The topological polar surface area (TPSA) is 61.4 Å². The van der Waals surface area contributed by atoms with Crippen molar-refractivity contribution in [2.24, 2.45) is 5.92 Å². The summed E-state index contributed by atoms with van der Waals surface area (Å²) in [5, 5.41) is 14.6. The van der Waals surface area contributed by atoms with Crippen LogP contribution in [0.4, 0.5) is 4.79 Å². The van der Waals surface area contributed by atoms with Gasteiger partial charge in [0.15, 0.2) is 0 Å². The van der Waals surface area contributed by atoms with Gasteiger partial charge in [-0.25, -0.2) is 4.79 Å². The molecule has 0 aromatic carbocycles. The predicted molar refractivity (Wildman–Crippen MR) is 79.9 cm³/mol. The van der Waals surface area contributed by atoms with Crippen molar-refractivity contribution in [1.82, 2.24) is 10.6 Å². The maximum absolute atomic E-state index is 11.7. The molecule has 0 bridgehead atoms. The summed E-state index contributed by atoms with van der Waals surface area (Å²) in [5.74, 6) is 0.300. The zero-order valence-electron chi connectivity index (χ0n) is 11.3. The van der Waals surface area contributed by atoms with Crippen LogP contribution in [0, 0.1) is 5.92 Å². The summed E-state index contributed by atoms with van der Waals surface area (Å²) in [6, 6.07) is 3.64. The van der Waals surface area contributed by atoms with Crippen molar-refractivity contribution in [3.05, 3.63) is 21.3 Å². The second-order valence-electron chi connectivity index (χ2n) is 4.72. The van der Waals surface area contributed by atoms with E-state index in [1.54, 1.807) is 0 Å². The Bertz CT molecular complexity index is 396. The first-order valence-electron chi connectivity index (χ1n) is 6.42. The van der Waals surface area contributed by atoms with Crippen LogP contribution in [0.3, 0.4) is 0 Å². The van der Waals surface area contributed by atoms with E-state index in [4.69, 9.17) is 16.7 Å². The zero-order valence-corrected chi connectivity index (χ0v) is 12.9. The minimum atomic E-state index is -0.185. The van der Waals surface area contributed by atoms with Gasteiger partial charge in [0.25, 0.3) is 0 Å². The van der Waals surface area contributed by atoms with Gasteiger partial charge in [0.05, 0.1) is 4.34 Å². The largest absolute Gasteiger partial charge is 0.396 e. The highest BCUT2D eigenvalue weighted by Gasteiger charge is 2.15. The van der Waals surface area contributed by atoms with Crippen molar-refractivity contribution < 1.29 is 9.90 Å². The van der Waals surface area contributed by atoms with Crippen LogP contribution in [0.5, 0.6) is 0 Å². The molecular formula is C13H21ClN2O2S. The van der Waals surface area contributed by atoms with Crippen LogP contribution in [0.25, 0.3) is 0 Å². The Balaban J connectivity index is 2.26. The van der Waals surface area contributed by atoms with Crippen LogP contribution < -0.4 is 10.6 Å². The highest BCUT2D eigenvalue weighted by Crippen LogP contribution is 2.21. The average molecular weight is 305 g/mol. The molecule has 4 nitrogen and oxygen atoms in total. The monoisotopic (exact) mass is 304 g/mol. The van der Waals surface area contributed by atoms with Crippen LogP contribution in [-0.2, 0) is 6.42 Å². The molecule has 1 aromatic heterocycles. The molecule has 0 saturated heterocycles. The van der Waals surface area contributed by atoms with Gasteiger partial charge in [0, 0.05) is 24.1 Å². The molecule has 0 spiro atoms. The molecule has 1 unspecified atom stereocenters. The Morgan fingerprint density at radius 1 is 1.47 bits per heavy atom. The molecule has 0 aliphatic rings. The summed E-state index contributed by atoms with van der Waals surface area (Å²) in [6.07, 6.45) is 1.35. The van der Waals surface area contributed by atoms with E-state index in [2.05, 4.69) is 10.6 Å². The van der Waals surface area contributed by atoms with Crippen LogP contribution in [0.2, 0.25) is 4.34 Å². The normalized spacial score (nSPS) is 12.5. The van der Waals surface area contributed by atoms with Crippen molar-refractivity contribution in [1.29, 1.82) is 0 Å². The standard InChI is InChI=1S/C13H21ClN2O2S/c1-9(2)11(6-8-17)16-13(18)15-7-5-10-3-4-12(14)19-10/h3-4,9,11,17H,5-8H2,1-2H3,(H2,15,16,18). The fourth-order valence-corrected chi connectivity index (χ4v) is 2.80. The summed E-state index contributed by atoms with van der Waals surface area (Å²) in [4.78, 5) is 12.9. The third-order valence-electron chi connectivity index (χ3n) is 2.85. The molecule has 19 heavy (non-hydrogen) atoms. The van der Waals surface area contributed by atoms with E-state index < -0.39 is 0 Å². The Kier molecular flexibility index (Phi) is 7.20. The third-order valence-corrected chi connectivity index (χ3v) is 4.14. The Morgan fingerprint density at radius 2 is 2.21 bits per heavy atom. The Labute approximate surface area is 123 Å². The van der Waals surface area contributed by atoms with Gasteiger partial charge in [-0.3, -0.25) is 0 Å². The summed E-state index contributed by atoms with van der Waals surface area (Å²) < 4.78 is 0.766. The maximum atomic E-state index is 11.7. The van der Waals surface area contributed by atoms with Crippen molar-refractivity contribution in [3.8, 4) is 0 Å². The molecule has 0 radical (unpaired) electrons. The molecular weight excluding hydrogens is 284 g/mol. The number of halogens is 1. The molecule has 0 aliphatic carbocycles. The average Bonchev–Trinajstić information content (AvgIpc) is 2.74. The first-order valence-corrected chi connectivity index (χ1v) is 7.61. The molecule has 2 amide bonds. The number of hydrogen-bond acceptors (Lipinski definition) is 3. The van der Waals surface area contributed by atoms with Crippen LogP contribution in [-0.4, -0.2) is 30.3 Å². The summed E-state index contributed by atoms with van der Waals surface area (Å²) in [5.41, 5.74) is 0. The van der Waals surface area contributed by atoms with E-state index in [0.29, 0.717) is 18.9 Å². The molecule has 6 heteroatoms. The lowest BCUT2D eigenvalue weighted by atomic mass is 10.0. The molecule has 108 valence electrons. The smallest absolute Gasteiger partial charge is 0.315 e. The SMILES string of the molecule is CC(C)C(CCO)NC(=O)NCCc1ccc(Cl)s1. The molecule has 3 N–H and O–H groups in total. The number of rotatable bonds is 7. The van der Waals surface area contributed by atoms with E-state index in [0.717, 1.165) is 15.6 Å². The maximum Gasteiger partial charge on any atom is 0.315 e. The summed E-state index contributed by atoms with van der Waals surface area (Å²) in [6.45, 7) is 4.70. The van der Waals surface area contributed by atoms with E-state index in [1.165, 1.54) is 11.3 Å². The number of urea groups is 1. The molecule has 1 atom stereocenters. The second kappa shape index (κ2) is 8.40. The highest BCUT2D eigenvalue weighted by molar-refractivity contribution is 7.16. The number of carbonyl (C=O) groups excluding carboxylic acids is 1. The van der Waals surface area contributed by atoms with Gasteiger partial charge >= 0.3 is 6.03 Å². The van der Waals surface area contributed by atoms with Gasteiger partial charge in [-0.2, -0.15) is 0 Å². The number of aliphatic hydroxyl groups excluding tert-OH is 1. The molecule has 1 rings (SSSR count). The lowest BCUT2D eigenvalue weighted by Crippen LogP contribution is -2.45. The lowest BCUT2D eigenvalue weighted by molar-refractivity contribution is 0.219. The van der Waals surface area contributed by atoms with Gasteiger partial charge < -0.3 is 15.7 Å².